The van der Waals surface area contributed by atoms with Gasteiger partial charge in [-0.1, -0.05) is 18.2 Å². The highest BCUT2D eigenvalue weighted by Crippen LogP contribution is 2.31. The first kappa shape index (κ1) is 20.4. The van der Waals surface area contributed by atoms with Crippen molar-refractivity contribution in [2.75, 3.05) is 26.7 Å². The van der Waals surface area contributed by atoms with Gasteiger partial charge in [0, 0.05) is 31.3 Å². The molecule has 0 saturated carbocycles. The van der Waals surface area contributed by atoms with Crippen LogP contribution < -0.4 is 10.1 Å². The zero-order valence-corrected chi connectivity index (χ0v) is 17.5. The van der Waals surface area contributed by atoms with Crippen LogP contribution in [0.15, 0.2) is 24.3 Å². The van der Waals surface area contributed by atoms with Crippen molar-refractivity contribution in [1.29, 1.82) is 0 Å². The number of carbonyl (C=O) groups is 1. The van der Waals surface area contributed by atoms with Gasteiger partial charge in [-0.05, 0) is 57.8 Å². The lowest BCUT2D eigenvalue weighted by atomic mass is 10.0. The third-order valence-corrected chi connectivity index (χ3v) is 5.83. The molecule has 1 unspecified atom stereocenters. The average Bonchev–Trinajstić information content (AvgIpc) is 3.30. The third kappa shape index (κ3) is 4.55. The van der Waals surface area contributed by atoms with Crippen molar-refractivity contribution in [3.63, 3.8) is 0 Å². The van der Waals surface area contributed by atoms with Gasteiger partial charge in [0.15, 0.2) is 0 Å². The number of methoxy groups -OCH3 is 1. The Morgan fingerprint density at radius 1 is 1.25 bits per heavy atom. The van der Waals surface area contributed by atoms with Crippen molar-refractivity contribution in [3.05, 3.63) is 46.8 Å². The summed E-state index contributed by atoms with van der Waals surface area (Å²) in [5.74, 6) is 0.969. The molecule has 1 aliphatic rings. The number of hydrogen-bond donors (Lipinski definition) is 1. The minimum absolute atomic E-state index is 0.0850. The Morgan fingerprint density at radius 2 is 1.96 bits per heavy atom. The Balaban J connectivity index is 1.64. The van der Waals surface area contributed by atoms with Gasteiger partial charge in [0.2, 0.25) is 5.91 Å². The van der Waals surface area contributed by atoms with E-state index in [1.807, 2.05) is 36.9 Å². The Hall–Kier alpha value is -2.34. The molecular formula is C22H32N4O2. The fourth-order valence-electron chi connectivity index (χ4n) is 4.15. The van der Waals surface area contributed by atoms with Crippen LogP contribution in [0.25, 0.3) is 0 Å². The molecule has 28 heavy (non-hydrogen) atoms. The van der Waals surface area contributed by atoms with Crippen molar-refractivity contribution in [3.8, 4) is 5.75 Å². The molecule has 1 atom stereocenters. The van der Waals surface area contributed by atoms with Crippen LogP contribution in [0.1, 0.15) is 47.8 Å². The minimum Gasteiger partial charge on any atom is -0.496 e. The number of rotatable bonds is 8. The molecule has 152 valence electrons. The largest absolute Gasteiger partial charge is 0.496 e. The van der Waals surface area contributed by atoms with Gasteiger partial charge in [-0.3, -0.25) is 14.4 Å². The van der Waals surface area contributed by atoms with Crippen LogP contribution in [-0.2, 0) is 18.3 Å². The molecule has 6 heteroatoms. The summed E-state index contributed by atoms with van der Waals surface area (Å²) < 4.78 is 7.46. The highest BCUT2D eigenvalue weighted by Gasteiger charge is 2.26. The summed E-state index contributed by atoms with van der Waals surface area (Å²) in [6.45, 7) is 6.78. The van der Waals surface area contributed by atoms with Gasteiger partial charge in [0.05, 0.1) is 18.8 Å². The molecule has 1 fully saturated rings. The molecule has 0 aliphatic carbocycles. The number of carbonyl (C=O) groups excluding carboxylic acids is 1. The first-order chi connectivity index (χ1) is 13.5. The molecule has 1 amide bonds. The maximum Gasteiger partial charge on any atom is 0.220 e. The van der Waals surface area contributed by atoms with E-state index in [9.17, 15) is 4.79 Å². The topological polar surface area (TPSA) is 59.4 Å². The lowest BCUT2D eigenvalue weighted by Crippen LogP contribution is -2.37. The second kappa shape index (κ2) is 9.24. The van der Waals surface area contributed by atoms with Crippen LogP contribution in [0.2, 0.25) is 0 Å². The molecule has 1 saturated heterocycles. The van der Waals surface area contributed by atoms with Gasteiger partial charge in [-0.2, -0.15) is 5.10 Å². The summed E-state index contributed by atoms with van der Waals surface area (Å²) in [7, 11) is 3.65. The Morgan fingerprint density at radius 3 is 2.61 bits per heavy atom. The number of aromatic nitrogens is 2. The predicted molar refractivity (Wildman–Crippen MR) is 111 cm³/mol. The van der Waals surface area contributed by atoms with Gasteiger partial charge in [0.25, 0.3) is 0 Å². The lowest BCUT2D eigenvalue weighted by Gasteiger charge is -2.29. The van der Waals surface area contributed by atoms with Crippen LogP contribution in [0, 0.1) is 13.8 Å². The van der Waals surface area contributed by atoms with Crippen molar-refractivity contribution in [2.45, 2.75) is 45.6 Å². The van der Waals surface area contributed by atoms with E-state index in [4.69, 9.17) is 4.74 Å². The molecule has 2 heterocycles. The van der Waals surface area contributed by atoms with E-state index < -0.39 is 0 Å². The van der Waals surface area contributed by atoms with E-state index in [1.54, 1.807) is 7.11 Å². The van der Waals surface area contributed by atoms with Crippen LogP contribution in [0.5, 0.6) is 5.75 Å². The first-order valence-corrected chi connectivity index (χ1v) is 10.1. The second-order valence-corrected chi connectivity index (χ2v) is 7.58. The Kier molecular flexibility index (Phi) is 6.73. The first-order valence-electron chi connectivity index (χ1n) is 10.1. The monoisotopic (exact) mass is 384 g/mol. The molecule has 0 radical (unpaired) electrons. The van der Waals surface area contributed by atoms with Gasteiger partial charge < -0.3 is 10.1 Å². The number of benzene rings is 1. The molecule has 0 spiro atoms. The number of nitrogens with one attached hydrogen (secondary N) is 1. The number of amides is 1. The van der Waals surface area contributed by atoms with Crippen molar-refractivity contribution < 1.29 is 9.53 Å². The minimum atomic E-state index is 0.0850. The zero-order chi connectivity index (χ0) is 20.1. The normalized spacial score (nSPS) is 15.6. The second-order valence-electron chi connectivity index (χ2n) is 7.58. The van der Waals surface area contributed by atoms with Crippen LogP contribution in [0.3, 0.4) is 0 Å². The molecule has 1 N–H and O–H groups in total. The summed E-state index contributed by atoms with van der Waals surface area (Å²) in [5, 5.41) is 7.60. The summed E-state index contributed by atoms with van der Waals surface area (Å²) in [5.41, 5.74) is 4.47. The predicted octanol–water partition coefficient (Wildman–Crippen LogP) is 2.93. The molecule has 3 rings (SSSR count). The molecule has 1 aromatic heterocycles. The number of nitrogens with zero attached hydrogens (tertiary/aromatic N) is 3. The van der Waals surface area contributed by atoms with Crippen molar-refractivity contribution >= 4 is 5.91 Å². The molecule has 6 nitrogen and oxygen atoms in total. The number of para-hydroxylation sites is 1. The van der Waals surface area contributed by atoms with E-state index in [0.29, 0.717) is 13.0 Å². The van der Waals surface area contributed by atoms with Gasteiger partial charge >= 0.3 is 0 Å². The Labute approximate surface area is 167 Å². The molecule has 1 aromatic carbocycles. The van der Waals surface area contributed by atoms with Crippen molar-refractivity contribution in [1.82, 2.24) is 20.0 Å². The fourth-order valence-corrected chi connectivity index (χ4v) is 4.15. The molecule has 2 aromatic rings. The van der Waals surface area contributed by atoms with Gasteiger partial charge in [-0.15, -0.1) is 0 Å². The van der Waals surface area contributed by atoms with E-state index in [0.717, 1.165) is 42.2 Å². The van der Waals surface area contributed by atoms with E-state index >= 15 is 0 Å². The van der Waals surface area contributed by atoms with Crippen molar-refractivity contribution in [2.24, 2.45) is 7.05 Å². The van der Waals surface area contributed by atoms with E-state index in [2.05, 4.69) is 28.3 Å². The summed E-state index contributed by atoms with van der Waals surface area (Å²) in [4.78, 5) is 15.0. The van der Waals surface area contributed by atoms with E-state index in [-0.39, 0.29) is 11.9 Å². The summed E-state index contributed by atoms with van der Waals surface area (Å²) >= 11 is 0. The van der Waals surface area contributed by atoms with Crippen LogP contribution in [-0.4, -0.2) is 47.3 Å². The number of ether oxygens (including phenoxy) is 1. The fraction of sp³-hybridized carbons (Fsp3) is 0.545. The number of aryl methyl sites for hydroxylation is 2. The van der Waals surface area contributed by atoms with Gasteiger partial charge in [-0.25, -0.2) is 0 Å². The van der Waals surface area contributed by atoms with Crippen LogP contribution in [0.4, 0.5) is 0 Å². The zero-order valence-electron chi connectivity index (χ0n) is 17.5. The lowest BCUT2D eigenvalue weighted by molar-refractivity contribution is -0.121. The number of likely N-dealkylation sites (tertiary alicyclic amines) is 1. The average molecular weight is 385 g/mol. The SMILES string of the molecule is COc1ccccc1C(CNC(=O)CCc1c(C)nn(C)c1C)N1CCCC1. The Bertz CT molecular complexity index is 809. The van der Waals surface area contributed by atoms with Crippen LogP contribution >= 0.6 is 0 Å². The molecule has 0 bridgehead atoms. The molecule has 1 aliphatic heterocycles. The van der Waals surface area contributed by atoms with Gasteiger partial charge in [0.1, 0.15) is 5.75 Å². The highest BCUT2D eigenvalue weighted by atomic mass is 16.5. The summed E-state index contributed by atoms with van der Waals surface area (Å²) in [6, 6.07) is 8.27. The smallest absolute Gasteiger partial charge is 0.220 e. The highest BCUT2D eigenvalue weighted by molar-refractivity contribution is 5.76. The maximum absolute atomic E-state index is 12.6. The molecular weight excluding hydrogens is 352 g/mol. The number of hydrogen-bond acceptors (Lipinski definition) is 4. The third-order valence-electron chi connectivity index (χ3n) is 5.83. The maximum atomic E-state index is 12.6. The summed E-state index contributed by atoms with van der Waals surface area (Å²) in [6.07, 6.45) is 3.62. The quantitative estimate of drug-likeness (QED) is 0.760. The van der Waals surface area contributed by atoms with E-state index in [1.165, 1.54) is 18.4 Å². The standard InChI is InChI=1S/C22H32N4O2/c1-16-18(17(2)25(3)24-16)11-12-22(27)23-15-20(26-13-7-8-14-26)19-9-5-6-10-21(19)28-4/h5-6,9-10,20H,7-8,11-15H2,1-4H3,(H,23,27).